The summed E-state index contributed by atoms with van der Waals surface area (Å²) in [6.45, 7) is 0.451. The smallest absolute Gasteiger partial charge is 0.264 e. The summed E-state index contributed by atoms with van der Waals surface area (Å²) >= 11 is 0. The van der Waals surface area contributed by atoms with Crippen molar-refractivity contribution in [3.05, 3.63) is 0 Å². The highest BCUT2D eigenvalue weighted by Crippen LogP contribution is 2.17. The zero-order valence-corrected chi connectivity index (χ0v) is 7.58. The van der Waals surface area contributed by atoms with E-state index < -0.39 is 16.4 Å². The van der Waals surface area contributed by atoms with Gasteiger partial charge in [-0.3, -0.25) is 4.18 Å². The third-order valence-electron chi connectivity index (χ3n) is 1.58. The molecule has 2 unspecified atom stereocenters. The van der Waals surface area contributed by atoms with Crippen molar-refractivity contribution in [2.75, 3.05) is 19.5 Å². The molecule has 1 aliphatic heterocycles. The van der Waals surface area contributed by atoms with Crippen LogP contribution < -0.4 is 0 Å². The number of aliphatic hydroxyl groups excluding tert-OH is 1. The van der Waals surface area contributed by atoms with Gasteiger partial charge in [0.15, 0.2) is 6.29 Å². The third-order valence-corrected chi connectivity index (χ3v) is 2.14. The van der Waals surface area contributed by atoms with E-state index in [2.05, 4.69) is 4.18 Å². The standard InChI is InChI=1S/C6H12O5S/c1-12(8,9)11-4-5-2-6(7)10-3-5/h5-7H,2-4H2,1H3. The molecule has 0 spiro atoms. The van der Waals surface area contributed by atoms with Crippen molar-refractivity contribution in [3.63, 3.8) is 0 Å². The van der Waals surface area contributed by atoms with E-state index in [9.17, 15) is 8.42 Å². The Balaban J connectivity index is 2.25. The lowest BCUT2D eigenvalue weighted by Crippen LogP contribution is -2.13. The Kier molecular flexibility index (Phi) is 3.05. The summed E-state index contributed by atoms with van der Waals surface area (Å²) in [5.74, 6) is -0.0188. The summed E-state index contributed by atoms with van der Waals surface area (Å²) in [5, 5.41) is 8.90. The van der Waals surface area contributed by atoms with Gasteiger partial charge >= 0.3 is 0 Å². The zero-order chi connectivity index (χ0) is 9.19. The van der Waals surface area contributed by atoms with Crippen molar-refractivity contribution >= 4 is 10.1 Å². The Hall–Kier alpha value is -0.170. The lowest BCUT2D eigenvalue weighted by Gasteiger charge is -2.05. The van der Waals surface area contributed by atoms with Crippen molar-refractivity contribution in [1.82, 2.24) is 0 Å². The molecule has 72 valence electrons. The molecule has 1 aliphatic rings. The summed E-state index contributed by atoms with van der Waals surface area (Å²) in [4.78, 5) is 0. The van der Waals surface area contributed by atoms with Gasteiger partial charge in [-0.25, -0.2) is 0 Å². The van der Waals surface area contributed by atoms with Crippen LogP contribution in [0.2, 0.25) is 0 Å². The summed E-state index contributed by atoms with van der Waals surface area (Å²) in [6.07, 6.45) is 0.674. The Bertz CT molecular complexity index is 234. The van der Waals surface area contributed by atoms with Crippen molar-refractivity contribution in [2.45, 2.75) is 12.7 Å². The van der Waals surface area contributed by atoms with Crippen LogP contribution in [0, 0.1) is 5.92 Å². The van der Waals surface area contributed by atoms with Gasteiger partial charge in [-0.2, -0.15) is 8.42 Å². The molecule has 1 N–H and O–H groups in total. The van der Waals surface area contributed by atoms with Gasteiger partial charge in [0.1, 0.15) is 0 Å². The van der Waals surface area contributed by atoms with Crippen LogP contribution >= 0.6 is 0 Å². The van der Waals surface area contributed by atoms with Gasteiger partial charge in [-0.15, -0.1) is 0 Å². The largest absolute Gasteiger partial charge is 0.368 e. The van der Waals surface area contributed by atoms with Crippen LogP contribution in [0.5, 0.6) is 0 Å². The minimum atomic E-state index is -3.37. The molecule has 2 atom stereocenters. The van der Waals surface area contributed by atoms with Crippen molar-refractivity contribution in [3.8, 4) is 0 Å². The Morgan fingerprint density at radius 1 is 1.67 bits per heavy atom. The van der Waals surface area contributed by atoms with Gasteiger partial charge in [0.05, 0.1) is 19.5 Å². The molecule has 0 aromatic carbocycles. The molecule has 6 heteroatoms. The van der Waals surface area contributed by atoms with Crippen molar-refractivity contribution in [1.29, 1.82) is 0 Å². The first-order valence-electron chi connectivity index (χ1n) is 3.61. The van der Waals surface area contributed by atoms with Gasteiger partial charge in [-0.1, -0.05) is 0 Å². The summed E-state index contributed by atoms with van der Waals surface area (Å²) < 4.78 is 30.4. The Morgan fingerprint density at radius 2 is 2.33 bits per heavy atom. The van der Waals surface area contributed by atoms with E-state index in [4.69, 9.17) is 9.84 Å². The van der Waals surface area contributed by atoms with E-state index in [0.29, 0.717) is 13.0 Å². The molecule has 1 heterocycles. The molecular formula is C6H12O5S. The molecule has 0 aliphatic carbocycles. The fraction of sp³-hybridized carbons (Fsp3) is 1.00. The summed E-state index contributed by atoms with van der Waals surface area (Å²) in [7, 11) is -3.37. The van der Waals surface area contributed by atoms with E-state index in [0.717, 1.165) is 6.26 Å². The highest BCUT2D eigenvalue weighted by atomic mass is 32.2. The van der Waals surface area contributed by atoms with E-state index in [1.54, 1.807) is 0 Å². The maximum atomic E-state index is 10.5. The first kappa shape index (κ1) is 9.91. The highest BCUT2D eigenvalue weighted by Gasteiger charge is 2.24. The number of rotatable bonds is 3. The maximum absolute atomic E-state index is 10.5. The number of hydrogen-bond donors (Lipinski definition) is 1. The lowest BCUT2D eigenvalue weighted by molar-refractivity contribution is -0.0592. The van der Waals surface area contributed by atoms with Crippen LogP contribution in [0.3, 0.4) is 0 Å². The van der Waals surface area contributed by atoms with Crippen LogP contribution in [0.15, 0.2) is 0 Å². The normalized spacial score (nSPS) is 30.8. The molecule has 0 bridgehead atoms. The summed E-state index contributed by atoms with van der Waals surface area (Å²) in [5.41, 5.74) is 0. The molecule has 0 radical (unpaired) electrons. The molecule has 12 heavy (non-hydrogen) atoms. The van der Waals surface area contributed by atoms with Crippen LogP contribution in [0.4, 0.5) is 0 Å². The molecular weight excluding hydrogens is 184 g/mol. The first-order valence-corrected chi connectivity index (χ1v) is 5.43. The molecule has 0 aromatic rings. The fourth-order valence-electron chi connectivity index (χ4n) is 1.00. The molecule has 5 nitrogen and oxygen atoms in total. The van der Waals surface area contributed by atoms with Crippen molar-refractivity contribution in [2.24, 2.45) is 5.92 Å². The lowest BCUT2D eigenvalue weighted by atomic mass is 10.1. The minimum absolute atomic E-state index is 0.0188. The topological polar surface area (TPSA) is 72.8 Å². The second-order valence-electron chi connectivity index (χ2n) is 2.88. The van der Waals surface area contributed by atoms with E-state index in [-0.39, 0.29) is 12.5 Å². The van der Waals surface area contributed by atoms with Gasteiger partial charge in [0.25, 0.3) is 10.1 Å². The maximum Gasteiger partial charge on any atom is 0.264 e. The van der Waals surface area contributed by atoms with Crippen LogP contribution in [-0.2, 0) is 19.0 Å². The molecule has 1 saturated heterocycles. The molecule has 1 fully saturated rings. The fourth-order valence-corrected chi connectivity index (χ4v) is 1.44. The van der Waals surface area contributed by atoms with Crippen LogP contribution in [0.1, 0.15) is 6.42 Å². The average molecular weight is 196 g/mol. The Morgan fingerprint density at radius 3 is 2.75 bits per heavy atom. The molecule has 0 amide bonds. The number of aliphatic hydroxyl groups is 1. The van der Waals surface area contributed by atoms with Crippen LogP contribution in [0.25, 0.3) is 0 Å². The van der Waals surface area contributed by atoms with Crippen LogP contribution in [-0.4, -0.2) is 39.3 Å². The van der Waals surface area contributed by atoms with Gasteiger partial charge in [0.2, 0.25) is 0 Å². The average Bonchev–Trinajstić information content (AvgIpc) is 2.30. The van der Waals surface area contributed by atoms with E-state index >= 15 is 0 Å². The second kappa shape index (κ2) is 3.69. The predicted molar refractivity (Wildman–Crippen MR) is 40.9 cm³/mol. The van der Waals surface area contributed by atoms with E-state index in [1.807, 2.05) is 0 Å². The monoisotopic (exact) mass is 196 g/mol. The molecule has 1 rings (SSSR count). The SMILES string of the molecule is CS(=O)(=O)OCC1COC(O)C1. The first-order chi connectivity index (χ1) is 5.47. The Labute approximate surface area is 71.4 Å². The molecule has 0 saturated carbocycles. The van der Waals surface area contributed by atoms with E-state index in [1.165, 1.54) is 0 Å². The van der Waals surface area contributed by atoms with Gasteiger partial charge in [0, 0.05) is 12.3 Å². The minimum Gasteiger partial charge on any atom is -0.368 e. The number of ether oxygens (including phenoxy) is 1. The quantitative estimate of drug-likeness (QED) is 0.605. The number of hydrogen-bond acceptors (Lipinski definition) is 5. The van der Waals surface area contributed by atoms with Gasteiger partial charge in [-0.05, 0) is 0 Å². The third kappa shape index (κ3) is 3.48. The molecule has 0 aromatic heterocycles. The van der Waals surface area contributed by atoms with Gasteiger partial charge < -0.3 is 9.84 Å². The highest BCUT2D eigenvalue weighted by molar-refractivity contribution is 7.85. The van der Waals surface area contributed by atoms with Crippen molar-refractivity contribution < 1.29 is 22.4 Å². The second-order valence-corrected chi connectivity index (χ2v) is 4.52. The zero-order valence-electron chi connectivity index (χ0n) is 6.76. The summed E-state index contributed by atoms with van der Waals surface area (Å²) in [6, 6.07) is 0. The predicted octanol–water partition coefficient (Wildman–Crippen LogP) is -0.683.